The third kappa shape index (κ3) is 2.76. The van der Waals surface area contributed by atoms with Gasteiger partial charge in [0.25, 0.3) is 0 Å². The quantitative estimate of drug-likeness (QED) is 0.851. The van der Waals surface area contributed by atoms with E-state index in [1.807, 2.05) is 0 Å². The smallest absolute Gasteiger partial charge is 0.138 e. The number of rotatable bonds is 4. The second kappa shape index (κ2) is 5.61. The zero-order chi connectivity index (χ0) is 14.9. The molecular weight excluding hydrogens is 246 g/mol. The molecule has 1 aromatic carbocycles. The van der Waals surface area contributed by atoms with Gasteiger partial charge in [0.05, 0.1) is 6.54 Å². The molecule has 0 spiro atoms. The van der Waals surface area contributed by atoms with Crippen molar-refractivity contribution in [1.29, 1.82) is 0 Å². The summed E-state index contributed by atoms with van der Waals surface area (Å²) in [5.41, 5.74) is 3.80. The first kappa shape index (κ1) is 15.1. The molecule has 0 unspecified atom stereocenters. The molecule has 0 saturated heterocycles. The van der Waals surface area contributed by atoms with Gasteiger partial charge in [-0.3, -0.25) is 0 Å². The van der Waals surface area contributed by atoms with Crippen LogP contribution in [0.5, 0.6) is 0 Å². The molecular formula is C18H27NO. The van der Waals surface area contributed by atoms with Crippen LogP contribution < -0.4 is 5.32 Å². The van der Waals surface area contributed by atoms with Gasteiger partial charge in [-0.25, -0.2) is 0 Å². The molecule has 110 valence electrons. The Morgan fingerprint density at radius 1 is 1.20 bits per heavy atom. The predicted octanol–water partition coefficient (Wildman–Crippen LogP) is 4.96. The van der Waals surface area contributed by atoms with Gasteiger partial charge >= 0.3 is 0 Å². The summed E-state index contributed by atoms with van der Waals surface area (Å²) in [6.07, 6.45) is 0. The Labute approximate surface area is 122 Å². The van der Waals surface area contributed by atoms with Gasteiger partial charge in [0.1, 0.15) is 11.3 Å². The Hall–Kier alpha value is -1.28. The van der Waals surface area contributed by atoms with Crippen molar-refractivity contribution in [2.45, 2.75) is 59.4 Å². The monoisotopic (exact) mass is 273 g/mol. The van der Waals surface area contributed by atoms with Crippen LogP contribution in [-0.4, -0.2) is 6.54 Å². The number of fused-ring (bicyclic) bond motifs is 1. The molecule has 0 aliphatic heterocycles. The molecule has 1 heterocycles. The molecule has 0 amide bonds. The van der Waals surface area contributed by atoms with Crippen molar-refractivity contribution in [3.63, 3.8) is 0 Å². The molecule has 0 fully saturated rings. The number of furan rings is 1. The van der Waals surface area contributed by atoms with E-state index in [-0.39, 0.29) is 5.41 Å². The predicted molar refractivity (Wildman–Crippen MR) is 86.4 cm³/mol. The molecule has 0 aliphatic carbocycles. The van der Waals surface area contributed by atoms with Gasteiger partial charge in [-0.15, -0.1) is 0 Å². The fourth-order valence-corrected chi connectivity index (χ4v) is 2.83. The van der Waals surface area contributed by atoms with Gasteiger partial charge in [0, 0.05) is 10.9 Å². The Morgan fingerprint density at radius 2 is 1.90 bits per heavy atom. The van der Waals surface area contributed by atoms with Gasteiger partial charge < -0.3 is 9.73 Å². The minimum absolute atomic E-state index is 0.0889. The van der Waals surface area contributed by atoms with Crippen molar-refractivity contribution in [2.75, 3.05) is 6.54 Å². The maximum Gasteiger partial charge on any atom is 0.138 e. The summed E-state index contributed by atoms with van der Waals surface area (Å²) in [6, 6.07) is 6.53. The second-order valence-electron chi connectivity index (χ2n) is 6.81. The van der Waals surface area contributed by atoms with E-state index >= 15 is 0 Å². The lowest BCUT2D eigenvalue weighted by atomic mass is 9.84. The number of para-hydroxylation sites is 1. The van der Waals surface area contributed by atoms with Gasteiger partial charge in [-0.1, -0.05) is 59.7 Å². The molecule has 2 aromatic rings. The van der Waals surface area contributed by atoms with Gasteiger partial charge in [-0.2, -0.15) is 0 Å². The first-order chi connectivity index (χ1) is 9.36. The third-order valence-electron chi connectivity index (χ3n) is 3.73. The van der Waals surface area contributed by atoms with E-state index in [1.165, 1.54) is 16.5 Å². The van der Waals surface area contributed by atoms with E-state index in [2.05, 4.69) is 65.1 Å². The fourth-order valence-electron chi connectivity index (χ4n) is 2.83. The van der Waals surface area contributed by atoms with Crippen LogP contribution >= 0.6 is 0 Å². The molecule has 0 bridgehead atoms. The number of benzene rings is 1. The summed E-state index contributed by atoms with van der Waals surface area (Å²) in [7, 11) is 0. The highest BCUT2D eigenvalue weighted by atomic mass is 16.3. The van der Waals surface area contributed by atoms with Crippen molar-refractivity contribution in [1.82, 2.24) is 5.32 Å². The standard InChI is InChI=1S/C18H27NO/c1-7-19-11-15-16(18(4,5)6)14-10-8-9-13(12(2)3)17(14)20-15/h8-10,12,19H,7,11H2,1-6H3. The highest BCUT2D eigenvalue weighted by Gasteiger charge is 2.26. The van der Waals surface area contributed by atoms with E-state index in [1.54, 1.807) is 0 Å². The summed E-state index contributed by atoms with van der Waals surface area (Å²) in [5.74, 6) is 1.56. The summed E-state index contributed by atoms with van der Waals surface area (Å²) in [5, 5.41) is 4.67. The maximum atomic E-state index is 6.26. The number of hydrogen-bond acceptors (Lipinski definition) is 2. The van der Waals surface area contributed by atoms with Crippen LogP contribution in [-0.2, 0) is 12.0 Å². The van der Waals surface area contributed by atoms with Crippen LogP contribution in [0.25, 0.3) is 11.0 Å². The highest BCUT2D eigenvalue weighted by Crippen LogP contribution is 2.38. The Kier molecular flexibility index (Phi) is 4.24. The lowest BCUT2D eigenvalue weighted by Crippen LogP contribution is -2.18. The molecule has 0 saturated carbocycles. The average Bonchev–Trinajstić information content (AvgIpc) is 2.73. The second-order valence-corrected chi connectivity index (χ2v) is 6.81. The number of nitrogens with one attached hydrogen (secondary N) is 1. The molecule has 20 heavy (non-hydrogen) atoms. The van der Waals surface area contributed by atoms with Gasteiger partial charge in [0.2, 0.25) is 0 Å². The van der Waals surface area contributed by atoms with Crippen LogP contribution in [0.15, 0.2) is 22.6 Å². The fraction of sp³-hybridized carbons (Fsp3) is 0.556. The summed E-state index contributed by atoms with van der Waals surface area (Å²) >= 11 is 0. The SMILES string of the molecule is CCNCc1oc2c(C(C)C)cccc2c1C(C)(C)C. The van der Waals surface area contributed by atoms with Gasteiger partial charge in [0.15, 0.2) is 0 Å². The number of hydrogen-bond donors (Lipinski definition) is 1. The minimum atomic E-state index is 0.0889. The molecule has 0 atom stereocenters. The van der Waals surface area contributed by atoms with Crippen molar-refractivity contribution in [3.8, 4) is 0 Å². The Bertz CT molecular complexity index is 587. The van der Waals surface area contributed by atoms with E-state index < -0.39 is 0 Å². The first-order valence-corrected chi connectivity index (χ1v) is 7.61. The highest BCUT2D eigenvalue weighted by molar-refractivity contribution is 5.86. The van der Waals surface area contributed by atoms with Crippen LogP contribution in [0.1, 0.15) is 64.3 Å². The van der Waals surface area contributed by atoms with Gasteiger partial charge in [-0.05, 0) is 23.4 Å². The normalized spacial score (nSPS) is 12.6. The topological polar surface area (TPSA) is 25.2 Å². The van der Waals surface area contributed by atoms with Crippen molar-refractivity contribution >= 4 is 11.0 Å². The van der Waals surface area contributed by atoms with Crippen LogP contribution in [0.2, 0.25) is 0 Å². The zero-order valence-corrected chi connectivity index (χ0v) is 13.6. The average molecular weight is 273 g/mol. The molecule has 0 aliphatic rings. The van der Waals surface area contributed by atoms with Crippen LogP contribution in [0.3, 0.4) is 0 Å². The largest absolute Gasteiger partial charge is 0.459 e. The third-order valence-corrected chi connectivity index (χ3v) is 3.73. The minimum Gasteiger partial charge on any atom is -0.459 e. The summed E-state index contributed by atoms with van der Waals surface area (Å²) < 4.78 is 6.26. The van der Waals surface area contributed by atoms with Crippen molar-refractivity contribution < 1.29 is 4.42 Å². The van der Waals surface area contributed by atoms with Crippen molar-refractivity contribution in [2.24, 2.45) is 0 Å². The molecule has 1 N–H and O–H groups in total. The molecule has 2 heteroatoms. The summed E-state index contributed by atoms with van der Waals surface area (Å²) in [6.45, 7) is 15.1. The molecule has 2 rings (SSSR count). The van der Waals surface area contributed by atoms with Crippen LogP contribution in [0, 0.1) is 0 Å². The lowest BCUT2D eigenvalue weighted by molar-refractivity contribution is 0.485. The molecule has 0 radical (unpaired) electrons. The molecule has 2 nitrogen and oxygen atoms in total. The van der Waals surface area contributed by atoms with E-state index in [9.17, 15) is 0 Å². The Morgan fingerprint density at radius 3 is 2.45 bits per heavy atom. The van der Waals surface area contributed by atoms with Crippen molar-refractivity contribution in [3.05, 3.63) is 35.1 Å². The Balaban J connectivity index is 2.68. The first-order valence-electron chi connectivity index (χ1n) is 7.61. The summed E-state index contributed by atoms with van der Waals surface area (Å²) in [4.78, 5) is 0. The van der Waals surface area contributed by atoms with E-state index in [0.29, 0.717) is 5.92 Å². The lowest BCUT2D eigenvalue weighted by Gasteiger charge is -2.19. The molecule has 1 aromatic heterocycles. The zero-order valence-electron chi connectivity index (χ0n) is 13.6. The maximum absolute atomic E-state index is 6.26. The van der Waals surface area contributed by atoms with Crippen LogP contribution in [0.4, 0.5) is 0 Å². The van der Waals surface area contributed by atoms with E-state index in [0.717, 1.165) is 24.4 Å². The van der Waals surface area contributed by atoms with E-state index in [4.69, 9.17) is 4.42 Å².